The lowest BCUT2D eigenvalue weighted by Gasteiger charge is -2.25. The number of rotatable bonds is 4. The Labute approximate surface area is 91.5 Å². The quantitative estimate of drug-likeness (QED) is 0.700. The molecule has 0 unspecified atom stereocenters. The smallest absolute Gasteiger partial charge is 0.227 e. The summed E-state index contributed by atoms with van der Waals surface area (Å²) >= 11 is 0. The van der Waals surface area contributed by atoms with Crippen LogP contribution in [0.4, 0.5) is 0 Å². The summed E-state index contributed by atoms with van der Waals surface area (Å²) in [6.45, 7) is 8.42. The molecule has 84 valence electrons. The van der Waals surface area contributed by atoms with Crippen molar-refractivity contribution in [1.82, 2.24) is 10.2 Å². The van der Waals surface area contributed by atoms with Crippen molar-refractivity contribution in [3.05, 3.63) is 12.7 Å². The van der Waals surface area contributed by atoms with Crippen LogP contribution in [0.15, 0.2) is 12.7 Å². The van der Waals surface area contributed by atoms with E-state index < -0.39 is 0 Å². The zero-order valence-electron chi connectivity index (χ0n) is 9.41. The molecule has 15 heavy (non-hydrogen) atoms. The van der Waals surface area contributed by atoms with Gasteiger partial charge in [-0.15, -0.1) is 6.58 Å². The second kappa shape index (κ2) is 4.35. The van der Waals surface area contributed by atoms with Crippen LogP contribution in [0.2, 0.25) is 0 Å². The highest BCUT2D eigenvalue weighted by atomic mass is 16.2. The summed E-state index contributed by atoms with van der Waals surface area (Å²) in [4.78, 5) is 14.3. The lowest BCUT2D eigenvalue weighted by atomic mass is 9.96. The Morgan fingerprint density at radius 1 is 1.53 bits per heavy atom. The van der Waals surface area contributed by atoms with Crippen LogP contribution in [0.3, 0.4) is 0 Å². The maximum Gasteiger partial charge on any atom is 0.227 e. The van der Waals surface area contributed by atoms with Gasteiger partial charge in [-0.25, -0.2) is 0 Å². The van der Waals surface area contributed by atoms with E-state index >= 15 is 0 Å². The molecule has 1 N–H and O–H groups in total. The largest absolute Gasteiger partial charge is 0.336 e. The van der Waals surface area contributed by atoms with Gasteiger partial charge in [-0.1, -0.05) is 13.0 Å². The molecule has 0 radical (unpaired) electrons. The molecule has 1 aliphatic heterocycles. The SMILES string of the molecule is C=CCN(C(=O)[C@@H]1CNC[C@H]1C)C1CC1. The summed E-state index contributed by atoms with van der Waals surface area (Å²) < 4.78 is 0. The molecule has 1 saturated carbocycles. The second-order valence-electron chi connectivity index (χ2n) is 4.75. The molecule has 2 atom stereocenters. The Morgan fingerprint density at radius 3 is 2.73 bits per heavy atom. The van der Waals surface area contributed by atoms with E-state index in [0.29, 0.717) is 24.4 Å². The molecule has 3 nitrogen and oxygen atoms in total. The maximum absolute atomic E-state index is 12.3. The van der Waals surface area contributed by atoms with Crippen LogP contribution < -0.4 is 5.32 Å². The number of hydrogen-bond donors (Lipinski definition) is 1. The average Bonchev–Trinajstić information content (AvgIpc) is 2.97. The number of hydrogen-bond acceptors (Lipinski definition) is 2. The van der Waals surface area contributed by atoms with Gasteiger partial charge in [0.25, 0.3) is 0 Å². The number of nitrogens with zero attached hydrogens (tertiary/aromatic N) is 1. The normalized spacial score (nSPS) is 30.2. The zero-order chi connectivity index (χ0) is 10.8. The van der Waals surface area contributed by atoms with E-state index in [2.05, 4.69) is 18.8 Å². The Bertz CT molecular complexity index is 260. The van der Waals surface area contributed by atoms with Crippen molar-refractivity contribution >= 4 is 5.91 Å². The minimum Gasteiger partial charge on any atom is -0.336 e. The standard InChI is InChI=1S/C12H20N2O/c1-3-6-14(10-4-5-10)12(15)11-8-13-7-9(11)2/h3,9-11,13H,1,4-8H2,2H3/t9-,11-/m1/s1. The summed E-state index contributed by atoms with van der Waals surface area (Å²) in [6.07, 6.45) is 4.19. The van der Waals surface area contributed by atoms with Gasteiger partial charge in [-0.2, -0.15) is 0 Å². The molecule has 1 saturated heterocycles. The summed E-state index contributed by atoms with van der Waals surface area (Å²) in [5.74, 6) is 0.990. The molecule has 0 aromatic carbocycles. The first-order valence-electron chi connectivity index (χ1n) is 5.86. The highest BCUT2D eigenvalue weighted by molar-refractivity contribution is 5.80. The molecular weight excluding hydrogens is 188 g/mol. The topological polar surface area (TPSA) is 32.3 Å². The fraction of sp³-hybridized carbons (Fsp3) is 0.750. The lowest BCUT2D eigenvalue weighted by Crippen LogP contribution is -2.40. The summed E-state index contributed by atoms with van der Waals surface area (Å²) in [5, 5.41) is 3.29. The van der Waals surface area contributed by atoms with Crippen molar-refractivity contribution in [3.63, 3.8) is 0 Å². The van der Waals surface area contributed by atoms with Crippen LogP contribution in [0.25, 0.3) is 0 Å². The molecule has 2 fully saturated rings. The predicted octanol–water partition coefficient (Wildman–Crippen LogP) is 1.02. The fourth-order valence-corrected chi connectivity index (χ4v) is 2.30. The lowest BCUT2D eigenvalue weighted by molar-refractivity contribution is -0.136. The van der Waals surface area contributed by atoms with Crippen molar-refractivity contribution in [2.75, 3.05) is 19.6 Å². The van der Waals surface area contributed by atoms with Crippen LogP contribution in [-0.4, -0.2) is 36.5 Å². The molecule has 3 heteroatoms. The summed E-state index contributed by atoms with van der Waals surface area (Å²) in [5.41, 5.74) is 0. The molecule has 1 amide bonds. The monoisotopic (exact) mass is 208 g/mol. The molecule has 0 spiro atoms. The number of carbonyl (C=O) groups excluding carboxylic acids is 1. The van der Waals surface area contributed by atoms with Crippen LogP contribution in [-0.2, 0) is 4.79 Å². The molecule has 0 aromatic heterocycles. The van der Waals surface area contributed by atoms with Crippen molar-refractivity contribution in [2.45, 2.75) is 25.8 Å². The van der Waals surface area contributed by atoms with E-state index in [0.717, 1.165) is 13.1 Å². The van der Waals surface area contributed by atoms with E-state index in [1.54, 1.807) is 0 Å². The van der Waals surface area contributed by atoms with Crippen LogP contribution in [0.5, 0.6) is 0 Å². The van der Waals surface area contributed by atoms with Gasteiger partial charge in [-0.3, -0.25) is 4.79 Å². The first-order chi connectivity index (χ1) is 7.24. The van der Waals surface area contributed by atoms with Gasteiger partial charge in [0.15, 0.2) is 0 Å². The Morgan fingerprint density at radius 2 is 2.27 bits per heavy atom. The first kappa shape index (κ1) is 10.7. The van der Waals surface area contributed by atoms with E-state index in [4.69, 9.17) is 0 Å². The van der Waals surface area contributed by atoms with Crippen LogP contribution >= 0.6 is 0 Å². The third-order valence-corrected chi connectivity index (χ3v) is 3.43. The average molecular weight is 208 g/mol. The molecular formula is C12H20N2O. The van der Waals surface area contributed by atoms with Gasteiger partial charge in [-0.05, 0) is 25.3 Å². The van der Waals surface area contributed by atoms with Crippen LogP contribution in [0.1, 0.15) is 19.8 Å². The zero-order valence-corrected chi connectivity index (χ0v) is 9.41. The van der Waals surface area contributed by atoms with Crippen molar-refractivity contribution in [2.24, 2.45) is 11.8 Å². The highest BCUT2D eigenvalue weighted by Crippen LogP contribution is 2.30. The second-order valence-corrected chi connectivity index (χ2v) is 4.75. The Kier molecular flexibility index (Phi) is 3.10. The van der Waals surface area contributed by atoms with Crippen molar-refractivity contribution in [3.8, 4) is 0 Å². The van der Waals surface area contributed by atoms with E-state index in [-0.39, 0.29) is 5.92 Å². The van der Waals surface area contributed by atoms with E-state index in [1.807, 2.05) is 11.0 Å². The molecule has 0 aromatic rings. The van der Waals surface area contributed by atoms with Gasteiger partial charge in [0.05, 0.1) is 5.92 Å². The van der Waals surface area contributed by atoms with E-state index in [9.17, 15) is 4.79 Å². The highest BCUT2D eigenvalue weighted by Gasteiger charge is 2.38. The third-order valence-electron chi connectivity index (χ3n) is 3.43. The van der Waals surface area contributed by atoms with Crippen molar-refractivity contribution in [1.29, 1.82) is 0 Å². The Hall–Kier alpha value is -0.830. The minimum absolute atomic E-state index is 0.186. The first-order valence-corrected chi connectivity index (χ1v) is 5.86. The van der Waals surface area contributed by atoms with Gasteiger partial charge >= 0.3 is 0 Å². The van der Waals surface area contributed by atoms with Gasteiger partial charge in [0, 0.05) is 19.1 Å². The van der Waals surface area contributed by atoms with Gasteiger partial charge < -0.3 is 10.2 Å². The Balaban J connectivity index is 1.99. The maximum atomic E-state index is 12.3. The molecule has 2 rings (SSSR count). The molecule has 0 bridgehead atoms. The summed E-state index contributed by atoms with van der Waals surface area (Å²) in [6, 6.07) is 0.503. The predicted molar refractivity (Wildman–Crippen MR) is 60.5 cm³/mol. The molecule has 1 aliphatic carbocycles. The van der Waals surface area contributed by atoms with E-state index in [1.165, 1.54) is 12.8 Å². The van der Waals surface area contributed by atoms with Gasteiger partial charge in [0.1, 0.15) is 0 Å². The third kappa shape index (κ3) is 2.23. The molecule has 1 heterocycles. The summed E-state index contributed by atoms with van der Waals surface area (Å²) in [7, 11) is 0. The fourth-order valence-electron chi connectivity index (χ4n) is 2.30. The molecule has 2 aliphatic rings. The van der Waals surface area contributed by atoms with Crippen molar-refractivity contribution < 1.29 is 4.79 Å². The van der Waals surface area contributed by atoms with Crippen LogP contribution in [0, 0.1) is 11.8 Å². The number of nitrogens with one attached hydrogen (secondary N) is 1. The number of amides is 1. The minimum atomic E-state index is 0.186. The van der Waals surface area contributed by atoms with Gasteiger partial charge in [0.2, 0.25) is 5.91 Å². The number of carbonyl (C=O) groups is 1.